The first-order valence-electron chi connectivity index (χ1n) is 5.81. The van der Waals surface area contributed by atoms with E-state index in [1.165, 1.54) is 16.8 Å². The van der Waals surface area contributed by atoms with E-state index in [0.717, 1.165) is 12.8 Å². The molecule has 0 bridgehead atoms. The summed E-state index contributed by atoms with van der Waals surface area (Å²) < 4.78 is 14.8. The van der Waals surface area contributed by atoms with E-state index in [-0.39, 0.29) is 16.1 Å². The molecule has 1 saturated carbocycles. The molecular weight excluding hydrogens is 290 g/mol. The van der Waals surface area contributed by atoms with Gasteiger partial charge in [0, 0.05) is 12.0 Å². The van der Waals surface area contributed by atoms with Gasteiger partial charge >= 0.3 is 0 Å². The molecule has 1 aromatic carbocycles. The van der Waals surface area contributed by atoms with Crippen LogP contribution in [0.2, 0.25) is 10.2 Å². The first kappa shape index (κ1) is 12.6. The Kier molecular flexibility index (Phi) is 3.07. The third-order valence-electron chi connectivity index (χ3n) is 3.12. The minimum atomic E-state index is -0.550. The number of aldehydes is 1. The van der Waals surface area contributed by atoms with Crippen molar-refractivity contribution < 1.29 is 9.18 Å². The molecule has 0 aliphatic heterocycles. The average molecular weight is 299 g/mol. The van der Waals surface area contributed by atoms with Crippen molar-refractivity contribution in [3.8, 4) is 5.69 Å². The molecule has 2 aromatic rings. The molecule has 0 radical (unpaired) electrons. The molecule has 3 rings (SSSR count). The van der Waals surface area contributed by atoms with Crippen LogP contribution >= 0.6 is 23.2 Å². The smallest absolute Gasteiger partial charge is 0.155 e. The molecule has 19 heavy (non-hydrogen) atoms. The van der Waals surface area contributed by atoms with Gasteiger partial charge in [-0.05, 0) is 25.0 Å². The minimum Gasteiger partial charge on any atom is -0.298 e. The van der Waals surface area contributed by atoms with E-state index in [9.17, 15) is 9.18 Å². The highest BCUT2D eigenvalue weighted by atomic mass is 35.5. The number of rotatable bonds is 3. The number of nitrogens with zero attached hydrogens (tertiary/aromatic N) is 2. The molecule has 1 heterocycles. The topological polar surface area (TPSA) is 34.9 Å². The lowest BCUT2D eigenvalue weighted by molar-refractivity contribution is 0.112. The Morgan fingerprint density at radius 2 is 2.11 bits per heavy atom. The molecule has 0 spiro atoms. The van der Waals surface area contributed by atoms with Crippen LogP contribution in [-0.4, -0.2) is 16.1 Å². The van der Waals surface area contributed by atoms with Gasteiger partial charge in [-0.15, -0.1) is 0 Å². The van der Waals surface area contributed by atoms with Gasteiger partial charge in [0.05, 0.1) is 22.0 Å². The number of carbonyl (C=O) groups is 1. The summed E-state index contributed by atoms with van der Waals surface area (Å²) in [5.74, 6) is -0.262. The van der Waals surface area contributed by atoms with E-state index in [0.29, 0.717) is 23.2 Å². The number of halogens is 3. The van der Waals surface area contributed by atoms with Gasteiger partial charge in [0.1, 0.15) is 11.0 Å². The van der Waals surface area contributed by atoms with E-state index in [1.807, 2.05) is 0 Å². The monoisotopic (exact) mass is 298 g/mol. The zero-order valence-electron chi connectivity index (χ0n) is 9.74. The van der Waals surface area contributed by atoms with Gasteiger partial charge in [-0.1, -0.05) is 23.2 Å². The SMILES string of the molecule is O=Cc1c(C2CC2)nn(-c2ccc(Cl)c(F)c2)c1Cl. The molecule has 0 amide bonds. The largest absolute Gasteiger partial charge is 0.298 e. The van der Waals surface area contributed by atoms with Crippen molar-refractivity contribution in [3.63, 3.8) is 0 Å². The van der Waals surface area contributed by atoms with Gasteiger partial charge < -0.3 is 0 Å². The van der Waals surface area contributed by atoms with Gasteiger partial charge in [-0.25, -0.2) is 9.07 Å². The molecule has 1 fully saturated rings. The maximum Gasteiger partial charge on any atom is 0.155 e. The fraction of sp³-hybridized carbons (Fsp3) is 0.231. The van der Waals surface area contributed by atoms with Crippen LogP contribution in [0, 0.1) is 5.82 Å². The zero-order chi connectivity index (χ0) is 13.6. The molecule has 0 saturated heterocycles. The van der Waals surface area contributed by atoms with Crippen LogP contribution in [-0.2, 0) is 0 Å². The highest BCUT2D eigenvalue weighted by Gasteiger charge is 2.31. The Labute approximate surface area is 118 Å². The predicted octanol–water partition coefficient (Wildman–Crippen LogP) is 4.01. The van der Waals surface area contributed by atoms with Crippen molar-refractivity contribution in [1.82, 2.24) is 9.78 Å². The summed E-state index contributed by atoms with van der Waals surface area (Å²) in [6, 6.07) is 4.28. The van der Waals surface area contributed by atoms with E-state index in [2.05, 4.69) is 5.10 Å². The molecule has 0 unspecified atom stereocenters. The Morgan fingerprint density at radius 1 is 1.37 bits per heavy atom. The molecule has 1 aliphatic rings. The van der Waals surface area contributed by atoms with Gasteiger partial charge in [-0.3, -0.25) is 4.79 Å². The Hall–Kier alpha value is -1.39. The summed E-state index contributed by atoms with van der Waals surface area (Å²) in [6.45, 7) is 0. The molecule has 1 aliphatic carbocycles. The lowest BCUT2D eigenvalue weighted by atomic mass is 10.2. The summed E-state index contributed by atoms with van der Waals surface area (Å²) in [7, 11) is 0. The van der Waals surface area contributed by atoms with Crippen LogP contribution in [0.25, 0.3) is 5.69 Å². The number of hydrogen-bond acceptors (Lipinski definition) is 2. The minimum absolute atomic E-state index is 0.0325. The van der Waals surface area contributed by atoms with E-state index in [1.54, 1.807) is 6.07 Å². The molecule has 1 aromatic heterocycles. The Morgan fingerprint density at radius 3 is 2.68 bits per heavy atom. The highest BCUT2D eigenvalue weighted by molar-refractivity contribution is 6.32. The molecule has 0 atom stereocenters. The van der Waals surface area contributed by atoms with Gasteiger partial charge in [-0.2, -0.15) is 5.10 Å². The predicted molar refractivity (Wildman–Crippen MR) is 70.9 cm³/mol. The first-order valence-corrected chi connectivity index (χ1v) is 6.56. The standard InChI is InChI=1S/C13H9Cl2FN2O/c14-10-4-3-8(5-11(10)16)18-13(15)9(6-19)12(17-18)7-1-2-7/h3-7H,1-2H2. The van der Waals surface area contributed by atoms with E-state index < -0.39 is 5.82 Å². The summed E-state index contributed by atoms with van der Waals surface area (Å²) in [5.41, 5.74) is 1.52. The summed E-state index contributed by atoms with van der Waals surface area (Å²) >= 11 is 11.8. The molecule has 6 heteroatoms. The third kappa shape index (κ3) is 2.15. The van der Waals surface area contributed by atoms with Gasteiger partial charge in [0.25, 0.3) is 0 Å². The number of carbonyl (C=O) groups excluding carboxylic acids is 1. The van der Waals surface area contributed by atoms with Gasteiger partial charge in [0.2, 0.25) is 0 Å². The Balaban J connectivity index is 2.14. The lowest BCUT2D eigenvalue weighted by Gasteiger charge is -2.03. The van der Waals surface area contributed by atoms with Gasteiger partial charge in [0.15, 0.2) is 6.29 Å². The van der Waals surface area contributed by atoms with E-state index >= 15 is 0 Å². The summed E-state index contributed by atoms with van der Waals surface area (Å²) in [6.07, 6.45) is 2.71. The number of aromatic nitrogens is 2. The van der Waals surface area contributed by atoms with Crippen molar-refractivity contribution in [2.45, 2.75) is 18.8 Å². The average Bonchev–Trinajstić information content (AvgIpc) is 3.17. The summed E-state index contributed by atoms with van der Waals surface area (Å²) in [4.78, 5) is 11.1. The van der Waals surface area contributed by atoms with Crippen molar-refractivity contribution in [2.75, 3.05) is 0 Å². The van der Waals surface area contributed by atoms with Crippen LogP contribution in [0.4, 0.5) is 4.39 Å². The maximum atomic E-state index is 13.5. The van der Waals surface area contributed by atoms with Crippen LogP contribution in [0.15, 0.2) is 18.2 Å². The lowest BCUT2D eigenvalue weighted by Crippen LogP contribution is -1.98. The molecular formula is C13H9Cl2FN2O. The van der Waals surface area contributed by atoms with Crippen LogP contribution in [0.1, 0.15) is 34.8 Å². The second-order valence-corrected chi connectivity index (χ2v) is 5.26. The fourth-order valence-corrected chi connectivity index (χ4v) is 2.37. The zero-order valence-corrected chi connectivity index (χ0v) is 11.2. The highest BCUT2D eigenvalue weighted by Crippen LogP contribution is 2.42. The number of hydrogen-bond donors (Lipinski definition) is 0. The van der Waals surface area contributed by atoms with Crippen molar-refractivity contribution in [1.29, 1.82) is 0 Å². The second kappa shape index (κ2) is 4.62. The third-order valence-corrected chi connectivity index (χ3v) is 3.79. The second-order valence-electron chi connectivity index (χ2n) is 4.49. The maximum absolute atomic E-state index is 13.5. The van der Waals surface area contributed by atoms with Crippen molar-refractivity contribution >= 4 is 29.5 Å². The van der Waals surface area contributed by atoms with Crippen LogP contribution in [0.5, 0.6) is 0 Å². The molecule has 0 N–H and O–H groups in total. The first-order chi connectivity index (χ1) is 9.11. The van der Waals surface area contributed by atoms with Crippen molar-refractivity contribution in [3.05, 3.63) is 45.4 Å². The molecule has 3 nitrogen and oxygen atoms in total. The normalized spacial score (nSPS) is 14.7. The fourth-order valence-electron chi connectivity index (χ4n) is 1.98. The van der Waals surface area contributed by atoms with Crippen molar-refractivity contribution in [2.24, 2.45) is 0 Å². The summed E-state index contributed by atoms with van der Waals surface area (Å²) in [5, 5.41) is 4.57. The van der Waals surface area contributed by atoms with Crippen LogP contribution < -0.4 is 0 Å². The quantitative estimate of drug-likeness (QED) is 0.803. The number of benzene rings is 1. The Bertz CT molecular complexity index is 665. The molecule has 98 valence electrons. The van der Waals surface area contributed by atoms with Crippen LogP contribution in [0.3, 0.4) is 0 Å². The van der Waals surface area contributed by atoms with E-state index in [4.69, 9.17) is 23.2 Å².